The zero-order chi connectivity index (χ0) is 11.4. The van der Waals surface area contributed by atoms with Gasteiger partial charge in [-0.3, -0.25) is 9.97 Å². The van der Waals surface area contributed by atoms with Gasteiger partial charge < -0.3 is 5.73 Å². The van der Waals surface area contributed by atoms with E-state index in [1.54, 1.807) is 18.6 Å². The van der Waals surface area contributed by atoms with Crippen LogP contribution in [0.2, 0.25) is 0 Å². The van der Waals surface area contributed by atoms with Crippen LogP contribution in [0.15, 0.2) is 48.9 Å². The molecule has 2 aromatic rings. The summed E-state index contributed by atoms with van der Waals surface area (Å²) in [6.45, 7) is 2.11. The summed E-state index contributed by atoms with van der Waals surface area (Å²) in [6, 6.07) is 10.1. The van der Waals surface area contributed by atoms with Crippen LogP contribution in [0.1, 0.15) is 30.1 Å². The fourth-order valence-corrected chi connectivity index (χ4v) is 1.70. The standard InChI is InChI=1S/C13H15N3/c1-10(11-5-3-2-4-6-11)13(14)12-9-15-7-8-16-12/h2-10,13H,14H2,1H3. The SMILES string of the molecule is CC(c1ccccc1)C(N)c1cnccn1. The van der Waals surface area contributed by atoms with Gasteiger partial charge in [-0.1, -0.05) is 37.3 Å². The minimum Gasteiger partial charge on any atom is -0.322 e. The molecule has 0 amide bonds. The Morgan fingerprint density at radius 2 is 1.88 bits per heavy atom. The molecule has 1 aromatic carbocycles. The molecule has 0 fully saturated rings. The number of aromatic nitrogens is 2. The van der Waals surface area contributed by atoms with E-state index in [4.69, 9.17) is 5.73 Å². The Hall–Kier alpha value is -1.74. The highest BCUT2D eigenvalue weighted by atomic mass is 14.8. The molecule has 0 radical (unpaired) electrons. The van der Waals surface area contributed by atoms with E-state index in [1.165, 1.54) is 5.56 Å². The molecular formula is C13H15N3. The number of rotatable bonds is 3. The number of nitrogens with two attached hydrogens (primary N) is 1. The van der Waals surface area contributed by atoms with E-state index in [9.17, 15) is 0 Å². The Balaban J connectivity index is 2.20. The molecule has 0 spiro atoms. The van der Waals surface area contributed by atoms with Gasteiger partial charge in [-0.15, -0.1) is 0 Å². The van der Waals surface area contributed by atoms with Crippen molar-refractivity contribution in [1.29, 1.82) is 0 Å². The second-order valence-electron chi connectivity index (χ2n) is 3.86. The Bertz CT molecular complexity index is 384. The lowest BCUT2D eigenvalue weighted by atomic mass is 9.92. The van der Waals surface area contributed by atoms with Crippen LogP contribution < -0.4 is 5.73 Å². The van der Waals surface area contributed by atoms with Gasteiger partial charge in [0.05, 0.1) is 11.7 Å². The Labute approximate surface area is 95.4 Å². The minimum atomic E-state index is -0.115. The van der Waals surface area contributed by atoms with Crippen LogP contribution in [0.4, 0.5) is 0 Å². The van der Waals surface area contributed by atoms with Gasteiger partial charge in [-0.2, -0.15) is 0 Å². The van der Waals surface area contributed by atoms with Crippen molar-refractivity contribution >= 4 is 0 Å². The lowest BCUT2D eigenvalue weighted by Gasteiger charge is -2.19. The summed E-state index contributed by atoms with van der Waals surface area (Å²) in [5.41, 5.74) is 8.22. The third-order valence-electron chi connectivity index (χ3n) is 2.79. The fourth-order valence-electron chi connectivity index (χ4n) is 1.70. The normalized spacial score (nSPS) is 14.4. The van der Waals surface area contributed by atoms with Crippen LogP contribution in [0.5, 0.6) is 0 Å². The molecule has 82 valence electrons. The van der Waals surface area contributed by atoms with Crippen molar-refractivity contribution < 1.29 is 0 Å². The molecule has 0 saturated carbocycles. The van der Waals surface area contributed by atoms with Crippen LogP contribution >= 0.6 is 0 Å². The second kappa shape index (κ2) is 4.86. The van der Waals surface area contributed by atoms with E-state index in [2.05, 4.69) is 29.0 Å². The first-order valence-electron chi connectivity index (χ1n) is 5.35. The first-order valence-corrected chi connectivity index (χ1v) is 5.35. The van der Waals surface area contributed by atoms with Gasteiger partial charge in [0.1, 0.15) is 0 Å². The van der Waals surface area contributed by atoms with Crippen molar-refractivity contribution in [3.05, 3.63) is 60.2 Å². The highest BCUT2D eigenvalue weighted by molar-refractivity contribution is 5.22. The highest BCUT2D eigenvalue weighted by Crippen LogP contribution is 2.26. The Kier molecular flexibility index (Phi) is 3.27. The molecular weight excluding hydrogens is 198 g/mol. The van der Waals surface area contributed by atoms with Crippen molar-refractivity contribution in [2.75, 3.05) is 0 Å². The lowest BCUT2D eigenvalue weighted by Crippen LogP contribution is -2.19. The van der Waals surface area contributed by atoms with Gasteiger partial charge in [-0.25, -0.2) is 0 Å². The van der Waals surface area contributed by atoms with Crippen molar-refractivity contribution in [2.24, 2.45) is 5.73 Å². The van der Waals surface area contributed by atoms with Crippen LogP contribution in [0.3, 0.4) is 0 Å². The molecule has 2 rings (SSSR count). The largest absolute Gasteiger partial charge is 0.322 e. The molecule has 1 aromatic heterocycles. The van der Waals surface area contributed by atoms with Gasteiger partial charge in [0.25, 0.3) is 0 Å². The zero-order valence-corrected chi connectivity index (χ0v) is 9.25. The van der Waals surface area contributed by atoms with Crippen molar-refractivity contribution in [1.82, 2.24) is 9.97 Å². The molecule has 0 aliphatic rings. The monoisotopic (exact) mass is 213 g/mol. The molecule has 2 N–H and O–H groups in total. The lowest BCUT2D eigenvalue weighted by molar-refractivity contribution is 0.580. The molecule has 0 saturated heterocycles. The molecule has 1 heterocycles. The predicted octanol–water partition coefficient (Wildman–Crippen LogP) is 2.28. The van der Waals surface area contributed by atoms with Crippen molar-refractivity contribution in [3.63, 3.8) is 0 Å². The predicted molar refractivity (Wildman–Crippen MR) is 63.8 cm³/mol. The van der Waals surface area contributed by atoms with Gasteiger partial charge >= 0.3 is 0 Å². The van der Waals surface area contributed by atoms with E-state index < -0.39 is 0 Å². The summed E-state index contributed by atoms with van der Waals surface area (Å²) in [5.74, 6) is 0.234. The maximum absolute atomic E-state index is 6.17. The van der Waals surface area contributed by atoms with Crippen LogP contribution in [0.25, 0.3) is 0 Å². The molecule has 3 nitrogen and oxygen atoms in total. The quantitative estimate of drug-likeness (QED) is 0.851. The van der Waals surface area contributed by atoms with E-state index in [0.717, 1.165) is 5.69 Å². The number of hydrogen-bond donors (Lipinski definition) is 1. The van der Waals surface area contributed by atoms with E-state index >= 15 is 0 Å². The number of nitrogens with zero attached hydrogens (tertiary/aromatic N) is 2. The summed E-state index contributed by atoms with van der Waals surface area (Å²) < 4.78 is 0. The smallest absolute Gasteiger partial charge is 0.0760 e. The number of hydrogen-bond acceptors (Lipinski definition) is 3. The van der Waals surface area contributed by atoms with E-state index in [-0.39, 0.29) is 12.0 Å². The Morgan fingerprint density at radius 1 is 1.12 bits per heavy atom. The molecule has 16 heavy (non-hydrogen) atoms. The molecule has 3 heteroatoms. The van der Waals surface area contributed by atoms with E-state index in [1.807, 2.05) is 18.2 Å². The summed E-state index contributed by atoms with van der Waals surface area (Å²) in [4.78, 5) is 8.28. The second-order valence-corrected chi connectivity index (χ2v) is 3.86. The topological polar surface area (TPSA) is 51.8 Å². The third kappa shape index (κ3) is 2.25. The van der Waals surface area contributed by atoms with Crippen molar-refractivity contribution in [3.8, 4) is 0 Å². The first-order chi connectivity index (χ1) is 7.79. The highest BCUT2D eigenvalue weighted by Gasteiger charge is 2.17. The average molecular weight is 213 g/mol. The third-order valence-corrected chi connectivity index (χ3v) is 2.79. The molecule has 2 unspecified atom stereocenters. The molecule has 0 bridgehead atoms. The maximum Gasteiger partial charge on any atom is 0.0760 e. The van der Waals surface area contributed by atoms with Crippen LogP contribution in [-0.2, 0) is 0 Å². The van der Waals surface area contributed by atoms with Crippen molar-refractivity contribution in [2.45, 2.75) is 18.9 Å². The summed E-state index contributed by atoms with van der Waals surface area (Å²) in [7, 11) is 0. The average Bonchev–Trinajstić information content (AvgIpc) is 2.39. The van der Waals surface area contributed by atoms with E-state index in [0.29, 0.717) is 0 Å². The minimum absolute atomic E-state index is 0.115. The van der Waals surface area contributed by atoms with Crippen LogP contribution in [-0.4, -0.2) is 9.97 Å². The summed E-state index contributed by atoms with van der Waals surface area (Å²) >= 11 is 0. The first kappa shape index (κ1) is 10.8. The molecule has 2 atom stereocenters. The van der Waals surface area contributed by atoms with Gasteiger partial charge in [0.2, 0.25) is 0 Å². The van der Waals surface area contributed by atoms with Gasteiger partial charge in [-0.05, 0) is 5.56 Å². The zero-order valence-electron chi connectivity index (χ0n) is 9.25. The summed E-state index contributed by atoms with van der Waals surface area (Å²) in [6.07, 6.45) is 5.06. The van der Waals surface area contributed by atoms with Gasteiger partial charge in [0, 0.05) is 24.5 Å². The Morgan fingerprint density at radius 3 is 2.50 bits per heavy atom. The molecule has 0 aliphatic carbocycles. The van der Waals surface area contributed by atoms with Gasteiger partial charge in [0.15, 0.2) is 0 Å². The fraction of sp³-hybridized carbons (Fsp3) is 0.231. The molecule has 0 aliphatic heterocycles. The summed E-state index contributed by atoms with van der Waals surface area (Å²) in [5, 5.41) is 0. The number of benzene rings is 1. The van der Waals surface area contributed by atoms with Crippen LogP contribution in [0, 0.1) is 0 Å². The maximum atomic E-state index is 6.17.